The SMILES string of the molecule is CO[P+](=O)c1ccccc1C1CCCCC1. The summed E-state index contributed by atoms with van der Waals surface area (Å²) in [5.41, 5.74) is 1.24. The molecule has 86 valence electrons. The molecule has 0 N–H and O–H groups in total. The summed E-state index contributed by atoms with van der Waals surface area (Å²) >= 11 is 0. The summed E-state index contributed by atoms with van der Waals surface area (Å²) in [6, 6.07) is 8.02. The molecule has 0 radical (unpaired) electrons. The van der Waals surface area contributed by atoms with Gasteiger partial charge in [0.15, 0.2) is 0 Å². The van der Waals surface area contributed by atoms with Crippen molar-refractivity contribution in [1.82, 2.24) is 0 Å². The van der Waals surface area contributed by atoms with E-state index < -0.39 is 8.03 Å². The molecule has 2 nitrogen and oxygen atoms in total. The molecule has 1 saturated carbocycles. The average molecular weight is 237 g/mol. The van der Waals surface area contributed by atoms with Gasteiger partial charge in [-0.05, 0) is 29.4 Å². The van der Waals surface area contributed by atoms with Gasteiger partial charge in [0.25, 0.3) is 0 Å². The van der Waals surface area contributed by atoms with Gasteiger partial charge in [0.2, 0.25) is 5.30 Å². The lowest BCUT2D eigenvalue weighted by atomic mass is 9.84. The van der Waals surface area contributed by atoms with Gasteiger partial charge in [0.05, 0.1) is 7.11 Å². The second-order valence-electron chi connectivity index (χ2n) is 4.33. The Labute approximate surface area is 97.9 Å². The molecule has 2 rings (SSSR count). The topological polar surface area (TPSA) is 26.3 Å². The molecule has 1 aromatic carbocycles. The van der Waals surface area contributed by atoms with E-state index in [0.29, 0.717) is 5.92 Å². The molecule has 1 unspecified atom stereocenters. The van der Waals surface area contributed by atoms with E-state index in [4.69, 9.17) is 4.52 Å². The van der Waals surface area contributed by atoms with Crippen molar-refractivity contribution in [2.45, 2.75) is 38.0 Å². The molecule has 0 bridgehead atoms. The Balaban J connectivity index is 2.28. The summed E-state index contributed by atoms with van der Waals surface area (Å²) in [6.45, 7) is 0. The van der Waals surface area contributed by atoms with Gasteiger partial charge in [-0.1, -0.05) is 37.5 Å². The minimum absolute atomic E-state index is 0.582. The van der Waals surface area contributed by atoms with E-state index in [9.17, 15) is 4.57 Å². The van der Waals surface area contributed by atoms with Crippen LogP contribution in [0.3, 0.4) is 0 Å². The highest BCUT2D eigenvalue weighted by molar-refractivity contribution is 7.48. The van der Waals surface area contributed by atoms with E-state index >= 15 is 0 Å². The normalized spacial score (nSPS) is 18.4. The number of hydrogen-bond donors (Lipinski definition) is 0. The maximum atomic E-state index is 11.8. The molecule has 0 spiro atoms. The molecule has 1 fully saturated rings. The standard InChI is InChI=1S/C13H18O2P/c1-15-16(14)13-10-6-5-9-12(13)11-7-3-2-4-8-11/h5-6,9-11H,2-4,7-8H2,1H3/q+1. The van der Waals surface area contributed by atoms with Gasteiger partial charge in [0, 0.05) is 5.56 Å². The van der Waals surface area contributed by atoms with Crippen molar-refractivity contribution >= 4 is 13.3 Å². The molecular formula is C13H18O2P+. The fourth-order valence-electron chi connectivity index (χ4n) is 2.51. The second kappa shape index (κ2) is 5.56. The number of hydrogen-bond acceptors (Lipinski definition) is 2. The maximum Gasteiger partial charge on any atom is 0.548 e. The van der Waals surface area contributed by atoms with Crippen LogP contribution in [0.5, 0.6) is 0 Å². The Hall–Kier alpha value is -0.720. The first-order chi connectivity index (χ1) is 7.83. The molecule has 0 aliphatic heterocycles. The van der Waals surface area contributed by atoms with Gasteiger partial charge < -0.3 is 0 Å². The summed E-state index contributed by atoms with van der Waals surface area (Å²) in [4.78, 5) is 0. The molecule has 0 aromatic heterocycles. The summed E-state index contributed by atoms with van der Waals surface area (Å²) in [7, 11) is -0.159. The van der Waals surface area contributed by atoms with Crippen LogP contribution < -0.4 is 5.30 Å². The highest BCUT2D eigenvalue weighted by Gasteiger charge is 2.28. The van der Waals surface area contributed by atoms with E-state index in [1.807, 2.05) is 18.2 Å². The smallest absolute Gasteiger partial charge is 0.145 e. The number of benzene rings is 1. The van der Waals surface area contributed by atoms with Crippen molar-refractivity contribution in [2.75, 3.05) is 7.11 Å². The van der Waals surface area contributed by atoms with Gasteiger partial charge in [0.1, 0.15) is 0 Å². The lowest BCUT2D eigenvalue weighted by Crippen LogP contribution is -2.13. The summed E-state index contributed by atoms with van der Waals surface area (Å²) in [6.07, 6.45) is 6.38. The highest BCUT2D eigenvalue weighted by Crippen LogP contribution is 2.35. The average Bonchev–Trinajstić information content (AvgIpc) is 2.39. The Kier molecular flexibility index (Phi) is 4.09. The van der Waals surface area contributed by atoms with Crippen LogP contribution in [0.15, 0.2) is 24.3 Å². The molecule has 0 amide bonds. The maximum absolute atomic E-state index is 11.8. The van der Waals surface area contributed by atoms with Gasteiger partial charge in [-0.2, -0.15) is 0 Å². The van der Waals surface area contributed by atoms with Gasteiger partial charge in [-0.25, -0.2) is 0 Å². The van der Waals surface area contributed by atoms with E-state index in [1.54, 1.807) is 0 Å². The summed E-state index contributed by atoms with van der Waals surface area (Å²) in [5, 5.41) is 0.895. The van der Waals surface area contributed by atoms with Crippen LogP contribution in [0.4, 0.5) is 0 Å². The van der Waals surface area contributed by atoms with Crippen LogP contribution in [-0.2, 0) is 9.09 Å². The van der Waals surface area contributed by atoms with Gasteiger partial charge in [-0.15, -0.1) is 4.52 Å². The Morgan fingerprint density at radius 1 is 1.19 bits per heavy atom. The van der Waals surface area contributed by atoms with Crippen molar-refractivity contribution in [3.8, 4) is 0 Å². The predicted molar refractivity (Wildman–Crippen MR) is 66.5 cm³/mol. The van der Waals surface area contributed by atoms with E-state index in [2.05, 4.69) is 6.07 Å². The van der Waals surface area contributed by atoms with Crippen molar-refractivity contribution < 1.29 is 9.09 Å². The largest absolute Gasteiger partial charge is 0.548 e. The zero-order chi connectivity index (χ0) is 11.4. The fraction of sp³-hybridized carbons (Fsp3) is 0.538. The predicted octanol–water partition coefficient (Wildman–Crippen LogP) is 3.75. The first-order valence-electron chi connectivity index (χ1n) is 5.93. The summed E-state index contributed by atoms with van der Waals surface area (Å²) in [5.74, 6) is 0.582. The van der Waals surface area contributed by atoms with Gasteiger partial charge in [-0.3, -0.25) is 0 Å². The molecule has 3 heteroatoms. The first kappa shape index (κ1) is 11.8. The van der Waals surface area contributed by atoms with E-state index in [-0.39, 0.29) is 0 Å². The van der Waals surface area contributed by atoms with Crippen LogP contribution in [-0.4, -0.2) is 7.11 Å². The molecular weight excluding hydrogens is 219 g/mol. The zero-order valence-electron chi connectivity index (χ0n) is 9.69. The van der Waals surface area contributed by atoms with Crippen LogP contribution in [0.2, 0.25) is 0 Å². The van der Waals surface area contributed by atoms with Crippen LogP contribution in [0.1, 0.15) is 43.6 Å². The molecule has 1 atom stereocenters. The molecule has 16 heavy (non-hydrogen) atoms. The molecule has 1 aliphatic rings. The van der Waals surface area contributed by atoms with Crippen molar-refractivity contribution in [2.24, 2.45) is 0 Å². The fourth-order valence-corrected chi connectivity index (χ4v) is 3.38. The molecule has 1 aromatic rings. The summed E-state index contributed by atoms with van der Waals surface area (Å²) < 4.78 is 16.8. The Morgan fingerprint density at radius 2 is 1.88 bits per heavy atom. The van der Waals surface area contributed by atoms with Crippen molar-refractivity contribution in [3.05, 3.63) is 29.8 Å². The minimum Gasteiger partial charge on any atom is -0.145 e. The molecule has 0 heterocycles. The van der Waals surface area contributed by atoms with E-state index in [0.717, 1.165) is 5.30 Å². The quantitative estimate of drug-likeness (QED) is 0.748. The zero-order valence-corrected chi connectivity index (χ0v) is 10.6. The van der Waals surface area contributed by atoms with Crippen molar-refractivity contribution in [3.63, 3.8) is 0 Å². The molecule has 1 aliphatic carbocycles. The first-order valence-corrected chi connectivity index (χ1v) is 7.11. The highest BCUT2D eigenvalue weighted by atomic mass is 31.1. The third-order valence-corrected chi connectivity index (χ3v) is 4.48. The lowest BCUT2D eigenvalue weighted by Gasteiger charge is -2.21. The Bertz CT molecular complexity index is 370. The Morgan fingerprint density at radius 3 is 2.56 bits per heavy atom. The third-order valence-electron chi connectivity index (χ3n) is 3.34. The molecule has 0 saturated heterocycles. The minimum atomic E-state index is -1.67. The van der Waals surface area contributed by atoms with E-state index in [1.165, 1.54) is 44.8 Å². The van der Waals surface area contributed by atoms with Crippen molar-refractivity contribution in [1.29, 1.82) is 0 Å². The monoisotopic (exact) mass is 237 g/mol. The number of rotatable bonds is 3. The third kappa shape index (κ3) is 2.50. The van der Waals surface area contributed by atoms with Crippen LogP contribution in [0, 0.1) is 0 Å². The van der Waals surface area contributed by atoms with Crippen LogP contribution in [0.25, 0.3) is 0 Å². The van der Waals surface area contributed by atoms with Crippen LogP contribution >= 0.6 is 8.03 Å². The second-order valence-corrected chi connectivity index (χ2v) is 5.69. The lowest BCUT2D eigenvalue weighted by molar-refractivity contribution is 0.420. The van der Waals surface area contributed by atoms with Gasteiger partial charge >= 0.3 is 8.03 Å².